The van der Waals surface area contributed by atoms with E-state index in [2.05, 4.69) is 54.5 Å². The van der Waals surface area contributed by atoms with E-state index < -0.39 is 0 Å². The highest BCUT2D eigenvalue weighted by Crippen LogP contribution is 2.26. The molecule has 1 saturated heterocycles. The summed E-state index contributed by atoms with van der Waals surface area (Å²) < 4.78 is 5.23. The van der Waals surface area contributed by atoms with Crippen LogP contribution in [0.25, 0.3) is 22.6 Å². The van der Waals surface area contributed by atoms with E-state index in [9.17, 15) is 4.79 Å². The summed E-state index contributed by atoms with van der Waals surface area (Å²) in [6, 6.07) is 18.3. The molecule has 0 atom stereocenters. The van der Waals surface area contributed by atoms with Crippen molar-refractivity contribution in [2.24, 2.45) is 0 Å². The number of nitrogens with one attached hydrogen (secondary N) is 1. The molecule has 8 nitrogen and oxygen atoms in total. The summed E-state index contributed by atoms with van der Waals surface area (Å²) in [6.07, 6.45) is 0.868. The third kappa shape index (κ3) is 5.75. The average molecular weight is 489 g/mol. The van der Waals surface area contributed by atoms with Gasteiger partial charge in [-0.15, -0.1) is 11.3 Å². The van der Waals surface area contributed by atoms with Gasteiger partial charge < -0.3 is 14.7 Å². The number of benzene rings is 2. The van der Waals surface area contributed by atoms with Crippen LogP contribution in [-0.4, -0.2) is 65.2 Å². The molecular weight excluding hydrogens is 460 g/mol. The summed E-state index contributed by atoms with van der Waals surface area (Å²) in [5.41, 5.74) is 3.96. The average Bonchev–Trinajstić information content (AvgIpc) is 3.57. The van der Waals surface area contributed by atoms with Gasteiger partial charge in [0.05, 0.1) is 10.7 Å². The van der Waals surface area contributed by atoms with Crippen LogP contribution in [0, 0.1) is 6.92 Å². The third-order valence-corrected chi connectivity index (χ3v) is 6.86. The monoisotopic (exact) mass is 488 g/mol. The molecule has 1 aliphatic heterocycles. The van der Waals surface area contributed by atoms with Crippen molar-refractivity contribution in [3.8, 4) is 22.6 Å². The molecule has 5 rings (SSSR count). The van der Waals surface area contributed by atoms with Crippen molar-refractivity contribution in [3.63, 3.8) is 0 Å². The number of anilines is 1. The van der Waals surface area contributed by atoms with Gasteiger partial charge in [-0.2, -0.15) is 4.98 Å². The fourth-order valence-electron chi connectivity index (χ4n) is 4.20. The van der Waals surface area contributed by atoms with E-state index in [1.165, 1.54) is 5.69 Å². The number of nitrogens with zero attached hydrogens (tertiary/aromatic N) is 5. The zero-order chi connectivity index (χ0) is 24.0. The molecule has 0 saturated carbocycles. The molecule has 2 aromatic carbocycles. The lowest BCUT2D eigenvalue weighted by atomic mass is 10.1. The summed E-state index contributed by atoms with van der Waals surface area (Å²) in [5.74, 6) is 0.0237. The number of amides is 1. The van der Waals surface area contributed by atoms with Crippen LogP contribution in [0.5, 0.6) is 0 Å². The number of aryl methyl sites for hydroxylation is 1. The largest absolute Gasteiger partial charge is 0.369 e. The molecule has 1 aliphatic rings. The van der Waals surface area contributed by atoms with Gasteiger partial charge in [-0.05, 0) is 38.1 Å². The molecule has 0 aliphatic carbocycles. The van der Waals surface area contributed by atoms with Crippen molar-refractivity contribution in [2.75, 3.05) is 44.2 Å². The van der Waals surface area contributed by atoms with Gasteiger partial charge in [0.25, 0.3) is 0 Å². The minimum Gasteiger partial charge on any atom is -0.369 e. The zero-order valence-corrected chi connectivity index (χ0v) is 20.5. The van der Waals surface area contributed by atoms with Crippen molar-refractivity contribution in [3.05, 3.63) is 70.9 Å². The normalized spacial score (nSPS) is 14.3. The van der Waals surface area contributed by atoms with E-state index in [-0.39, 0.29) is 11.8 Å². The third-order valence-electron chi connectivity index (χ3n) is 6.09. The van der Waals surface area contributed by atoms with Gasteiger partial charge in [0.15, 0.2) is 0 Å². The Kier molecular flexibility index (Phi) is 7.15. The molecule has 1 amide bonds. The highest BCUT2D eigenvalue weighted by molar-refractivity contribution is 7.09. The van der Waals surface area contributed by atoms with E-state index in [0.29, 0.717) is 12.4 Å². The molecular formula is C26H28N6O2S. The number of piperazine rings is 1. The molecule has 4 aromatic rings. The van der Waals surface area contributed by atoms with Crippen molar-refractivity contribution in [1.82, 2.24) is 25.3 Å². The summed E-state index contributed by atoms with van der Waals surface area (Å²) in [4.78, 5) is 26.2. The number of hydrogen-bond acceptors (Lipinski definition) is 8. The molecule has 9 heteroatoms. The van der Waals surface area contributed by atoms with Crippen LogP contribution in [-0.2, 0) is 0 Å². The first-order valence-corrected chi connectivity index (χ1v) is 12.7. The Balaban J connectivity index is 1.08. The second kappa shape index (κ2) is 10.8. The highest BCUT2D eigenvalue weighted by atomic mass is 32.1. The van der Waals surface area contributed by atoms with Crippen LogP contribution < -0.4 is 10.2 Å². The van der Waals surface area contributed by atoms with Crippen LogP contribution in [0.1, 0.15) is 22.1 Å². The topological polar surface area (TPSA) is 87.4 Å². The zero-order valence-electron chi connectivity index (χ0n) is 19.7. The number of para-hydroxylation sites is 1. The maximum Gasteiger partial charge on any atom is 0.316 e. The highest BCUT2D eigenvalue weighted by Gasteiger charge is 2.18. The van der Waals surface area contributed by atoms with Gasteiger partial charge in [-0.25, -0.2) is 4.98 Å². The van der Waals surface area contributed by atoms with Crippen LogP contribution in [0.2, 0.25) is 0 Å². The van der Waals surface area contributed by atoms with Gasteiger partial charge in [0.2, 0.25) is 5.82 Å². The maximum atomic E-state index is 12.5. The van der Waals surface area contributed by atoms with Crippen molar-refractivity contribution >= 4 is 22.9 Å². The van der Waals surface area contributed by atoms with Gasteiger partial charge in [-0.3, -0.25) is 9.69 Å². The molecule has 0 radical (unpaired) electrons. The molecule has 0 unspecified atom stereocenters. The number of carbonyl (C=O) groups excluding carboxylic acids is 1. The van der Waals surface area contributed by atoms with Crippen molar-refractivity contribution in [2.45, 2.75) is 13.3 Å². The molecule has 35 heavy (non-hydrogen) atoms. The van der Waals surface area contributed by atoms with E-state index in [1.54, 1.807) is 11.3 Å². The van der Waals surface area contributed by atoms with E-state index >= 15 is 0 Å². The molecule has 1 N–H and O–H groups in total. The predicted molar refractivity (Wildman–Crippen MR) is 138 cm³/mol. The Hall–Kier alpha value is -3.56. The predicted octanol–water partition coefficient (Wildman–Crippen LogP) is 4.11. The summed E-state index contributed by atoms with van der Waals surface area (Å²) in [6.45, 7) is 7.57. The standard InChI is InChI=1S/C26H28N6O2S/c1-19-28-23(18-35-19)20-7-5-8-21(17-20)24-29-26(34-30-24)25(33)27-11-6-12-31-13-15-32(16-14-31)22-9-3-2-4-10-22/h2-5,7-10,17-18H,6,11-16H2,1H3,(H,27,33). The van der Waals surface area contributed by atoms with Crippen LogP contribution in [0.4, 0.5) is 5.69 Å². The summed E-state index contributed by atoms with van der Waals surface area (Å²) in [7, 11) is 0. The van der Waals surface area contributed by atoms with Gasteiger partial charge >= 0.3 is 11.8 Å². The molecule has 3 heterocycles. The lowest BCUT2D eigenvalue weighted by Gasteiger charge is -2.36. The number of aromatic nitrogens is 3. The van der Waals surface area contributed by atoms with Crippen molar-refractivity contribution in [1.29, 1.82) is 0 Å². The first kappa shape index (κ1) is 23.2. The van der Waals surface area contributed by atoms with Gasteiger partial charge in [-0.1, -0.05) is 41.6 Å². The van der Waals surface area contributed by atoms with E-state index in [4.69, 9.17) is 4.52 Å². The van der Waals surface area contributed by atoms with Crippen LogP contribution in [0.3, 0.4) is 0 Å². The number of thiazole rings is 1. The Morgan fingerprint density at radius 3 is 2.60 bits per heavy atom. The minimum atomic E-state index is -0.344. The number of rotatable bonds is 8. The summed E-state index contributed by atoms with van der Waals surface area (Å²) in [5, 5.41) is 9.93. The van der Waals surface area contributed by atoms with E-state index in [0.717, 1.165) is 61.0 Å². The van der Waals surface area contributed by atoms with Crippen molar-refractivity contribution < 1.29 is 9.32 Å². The Morgan fingerprint density at radius 1 is 1.03 bits per heavy atom. The fraction of sp³-hybridized carbons (Fsp3) is 0.308. The molecule has 2 aromatic heterocycles. The van der Waals surface area contributed by atoms with Gasteiger partial charge in [0, 0.05) is 54.9 Å². The second-order valence-electron chi connectivity index (χ2n) is 8.53. The van der Waals surface area contributed by atoms with Crippen LogP contribution >= 0.6 is 11.3 Å². The Labute approximate surface area is 208 Å². The number of carbonyl (C=O) groups is 1. The SMILES string of the molecule is Cc1nc(-c2cccc(-c3noc(C(=O)NCCCN4CCN(c5ccccc5)CC4)n3)c2)cs1. The molecule has 180 valence electrons. The van der Waals surface area contributed by atoms with Crippen LogP contribution in [0.15, 0.2) is 64.5 Å². The maximum absolute atomic E-state index is 12.5. The quantitative estimate of drug-likeness (QED) is 0.374. The number of hydrogen-bond donors (Lipinski definition) is 1. The molecule has 0 bridgehead atoms. The first-order valence-electron chi connectivity index (χ1n) is 11.8. The second-order valence-corrected chi connectivity index (χ2v) is 9.59. The fourth-order valence-corrected chi connectivity index (χ4v) is 4.82. The van der Waals surface area contributed by atoms with Gasteiger partial charge in [0.1, 0.15) is 0 Å². The smallest absolute Gasteiger partial charge is 0.316 e. The summed E-state index contributed by atoms with van der Waals surface area (Å²) >= 11 is 1.61. The lowest BCUT2D eigenvalue weighted by Crippen LogP contribution is -2.47. The molecule has 0 spiro atoms. The Morgan fingerprint density at radius 2 is 1.83 bits per heavy atom. The lowest BCUT2D eigenvalue weighted by molar-refractivity contribution is 0.0907. The molecule has 1 fully saturated rings. The first-order chi connectivity index (χ1) is 17.2. The minimum absolute atomic E-state index is 0.0219. The van der Waals surface area contributed by atoms with E-state index in [1.807, 2.05) is 42.6 Å². The Bertz CT molecular complexity index is 1260.